The second-order valence-corrected chi connectivity index (χ2v) is 9.70. The van der Waals surface area contributed by atoms with Crippen molar-refractivity contribution in [3.63, 3.8) is 0 Å². The molecule has 1 unspecified atom stereocenters. The van der Waals surface area contributed by atoms with Crippen LogP contribution in [0.3, 0.4) is 0 Å². The number of benzene rings is 2. The summed E-state index contributed by atoms with van der Waals surface area (Å²) in [4.78, 5) is 14.2. The molecule has 1 aromatic heterocycles. The van der Waals surface area contributed by atoms with Gasteiger partial charge in [-0.15, -0.1) is 10.2 Å². The Labute approximate surface area is 199 Å². The molecule has 1 aliphatic heterocycles. The highest BCUT2D eigenvalue weighted by molar-refractivity contribution is 6.01. The summed E-state index contributed by atoms with van der Waals surface area (Å²) >= 11 is 0. The number of aryl methyl sites for hydroxylation is 1. The van der Waals surface area contributed by atoms with Crippen LogP contribution in [0.5, 0.6) is 5.75 Å². The Morgan fingerprint density at radius 3 is 2.68 bits per heavy atom. The minimum absolute atomic E-state index is 0.0539. The molecule has 1 saturated heterocycles. The van der Waals surface area contributed by atoms with E-state index in [-0.39, 0.29) is 18.0 Å². The second-order valence-electron chi connectivity index (χ2n) is 9.70. The Bertz CT molecular complexity index is 1210. The predicted molar refractivity (Wildman–Crippen MR) is 131 cm³/mol. The van der Waals surface area contributed by atoms with E-state index < -0.39 is 5.60 Å². The molecular weight excluding hydrogens is 435 g/mol. The van der Waals surface area contributed by atoms with E-state index in [0.717, 1.165) is 29.4 Å². The fraction of sp³-hybridized carbons (Fsp3) is 0.423. The molecule has 0 saturated carbocycles. The smallest absolute Gasteiger partial charge is 0.410 e. The number of fused-ring (bicyclic) bond motifs is 1. The van der Waals surface area contributed by atoms with Crippen LogP contribution < -0.4 is 10.1 Å². The normalized spacial score (nSPS) is 16.4. The average molecular weight is 467 g/mol. The summed E-state index contributed by atoms with van der Waals surface area (Å²) < 4.78 is 25.4. The Balaban J connectivity index is 1.65. The molecule has 34 heavy (non-hydrogen) atoms. The maximum atomic E-state index is 14.3. The van der Waals surface area contributed by atoms with Gasteiger partial charge in [-0.2, -0.15) is 0 Å². The molecule has 8 heteroatoms. The lowest BCUT2D eigenvalue weighted by Gasteiger charge is -2.34. The zero-order valence-electron chi connectivity index (χ0n) is 20.3. The van der Waals surface area contributed by atoms with E-state index in [1.165, 1.54) is 12.1 Å². The van der Waals surface area contributed by atoms with Crippen LogP contribution in [-0.4, -0.2) is 53.0 Å². The van der Waals surface area contributed by atoms with Crippen molar-refractivity contribution in [2.24, 2.45) is 0 Å². The highest BCUT2D eigenvalue weighted by Gasteiger charge is 2.28. The van der Waals surface area contributed by atoms with Crippen LogP contribution in [0.4, 0.5) is 15.0 Å². The first-order valence-electron chi connectivity index (χ1n) is 11.5. The molecule has 1 N–H and O–H groups in total. The fourth-order valence-electron chi connectivity index (χ4n) is 4.21. The number of ether oxygens (including phenoxy) is 2. The zero-order chi connectivity index (χ0) is 24.5. The number of carbonyl (C=O) groups excluding carboxylic acids is 1. The van der Waals surface area contributed by atoms with E-state index in [0.29, 0.717) is 35.7 Å². The highest BCUT2D eigenvalue weighted by Crippen LogP contribution is 2.36. The van der Waals surface area contributed by atoms with Crippen molar-refractivity contribution in [3.05, 3.63) is 47.8 Å². The van der Waals surface area contributed by atoms with E-state index in [9.17, 15) is 9.18 Å². The summed E-state index contributed by atoms with van der Waals surface area (Å²) in [7, 11) is 1.61. The van der Waals surface area contributed by atoms with Crippen LogP contribution in [0, 0.1) is 12.7 Å². The van der Waals surface area contributed by atoms with Gasteiger partial charge >= 0.3 is 6.09 Å². The van der Waals surface area contributed by atoms with Gasteiger partial charge in [-0.05, 0) is 76.4 Å². The van der Waals surface area contributed by atoms with Crippen molar-refractivity contribution < 1.29 is 18.7 Å². The molecule has 3 aromatic rings. The third-order valence-electron chi connectivity index (χ3n) is 5.77. The first-order valence-corrected chi connectivity index (χ1v) is 11.5. The minimum Gasteiger partial charge on any atom is -0.496 e. The summed E-state index contributed by atoms with van der Waals surface area (Å²) in [5.74, 6) is 0.811. The number of carbonyl (C=O) groups is 1. The number of hydrogen-bond acceptors (Lipinski definition) is 6. The average Bonchev–Trinajstić information content (AvgIpc) is 2.78. The van der Waals surface area contributed by atoms with Crippen LogP contribution in [0.25, 0.3) is 22.0 Å². The summed E-state index contributed by atoms with van der Waals surface area (Å²) in [6, 6.07) is 10.4. The van der Waals surface area contributed by atoms with Gasteiger partial charge < -0.3 is 19.7 Å². The third kappa shape index (κ3) is 5.21. The lowest BCUT2D eigenvalue weighted by atomic mass is 10.0. The quantitative estimate of drug-likeness (QED) is 0.542. The standard InChI is InChI=1S/C26H31FN4O3/c1-16-8-10-20(22(13-16)33-5)23-19-11-9-17(27)14-21(19)24(30-29-23)28-18-7-6-12-31(15-18)25(32)34-26(2,3)4/h8-11,13-14,18H,6-7,12,15H2,1-5H3,(H,28,30). The van der Waals surface area contributed by atoms with E-state index in [1.807, 2.05) is 45.9 Å². The molecule has 0 radical (unpaired) electrons. The van der Waals surface area contributed by atoms with Gasteiger partial charge in [-0.3, -0.25) is 0 Å². The number of halogens is 1. The van der Waals surface area contributed by atoms with Crippen LogP contribution >= 0.6 is 0 Å². The summed E-state index contributed by atoms with van der Waals surface area (Å²) in [6.07, 6.45) is 1.35. The molecule has 1 atom stereocenters. The zero-order valence-corrected chi connectivity index (χ0v) is 20.3. The number of piperidine rings is 1. The molecule has 0 aliphatic carbocycles. The number of amides is 1. The summed E-state index contributed by atoms with van der Waals surface area (Å²) in [5, 5.41) is 13.7. The summed E-state index contributed by atoms with van der Waals surface area (Å²) in [6.45, 7) is 8.66. The van der Waals surface area contributed by atoms with Gasteiger partial charge in [0.05, 0.1) is 7.11 Å². The van der Waals surface area contributed by atoms with E-state index in [1.54, 1.807) is 18.1 Å². The maximum absolute atomic E-state index is 14.3. The van der Waals surface area contributed by atoms with Crippen molar-refractivity contribution in [1.82, 2.24) is 15.1 Å². The van der Waals surface area contributed by atoms with Crippen molar-refractivity contribution in [2.45, 2.75) is 52.2 Å². The number of anilines is 1. The van der Waals surface area contributed by atoms with Crippen molar-refractivity contribution >= 4 is 22.7 Å². The summed E-state index contributed by atoms with van der Waals surface area (Å²) in [5.41, 5.74) is 1.92. The van der Waals surface area contributed by atoms with Crippen LogP contribution in [-0.2, 0) is 4.74 Å². The largest absolute Gasteiger partial charge is 0.496 e. The van der Waals surface area contributed by atoms with Gasteiger partial charge in [0.15, 0.2) is 5.82 Å². The first-order chi connectivity index (χ1) is 16.1. The Kier molecular flexibility index (Phi) is 6.59. The maximum Gasteiger partial charge on any atom is 0.410 e. The number of methoxy groups -OCH3 is 1. The Morgan fingerprint density at radius 1 is 1.15 bits per heavy atom. The van der Waals surface area contributed by atoms with Crippen molar-refractivity contribution in [1.29, 1.82) is 0 Å². The number of likely N-dealkylation sites (tertiary alicyclic amines) is 1. The predicted octanol–water partition coefficient (Wildman–Crippen LogP) is 5.56. The van der Waals surface area contributed by atoms with Gasteiger partial charge in [0.2, 0.25) is 0 Å². The number of nitrogens with one attached hydrogen (secondary N) is 1. The van der Waals surface area contributed by atoms with Crippen LogP contribution in [0.2, 0.25) is 0 Å². The molecule has 1 aliphatic rings. The minimum atomic E-state index is -0.552. The number of aromatic nitrogens is 2. The van der Waals surface area contributed by atoms with Gasteiger partial charge in [-0.25, -0.2) is 9.18 Å². The third-order valence-corrected chi connectivity index (χ3v) is 5.77. The SMILES string of the molecule is COc1cc(C)ccc1-c1nnc(NC2CCCN(C(=O)OC(C)(C)C)C2)c2cc(F)ccc12. The molecule has 2 aromatic carbocycles. The van der Waals surface area contributed by atoms with Crippen molar-refractivity contribution in [3.8, 4) is 17.0 Å². The Hall–Kier alpha value is -3.42. The fourth-order valence-corrected chi connectivity index (χ4v) is 4.21. The van der Waals surface area contributed by atoms with E-state index in [4.69, 9.17) is 9.47 Å². The molecule has 0 bridgehead atoms. The van der Waals surface area contributed by atoms with E-state index >= 15 is 0 Å². The number of rotatable bonds is 4. The molecule has 7 nitrogen and oxygen atoms in total. The molecular formula is C26H31FN4O3. The van der Waals surface area contributed by atoms with Gasteiger partial charge in [0.1, 0.15) is 22.9 Å². The molecule has 0 spiro atoms. The molecule has 4 rings (SSSR count). The van der Waals surface area contributed by atoms with Crippen LogP contribution in [0.1, 0.15) is 39.2 Å². The number of hydrogen-bond donors (Lipinski definition) is 1. The van der Waals surface area contributed by atoms with Gasteiger partial charge in [0.25, 0.3) is 0 Å². The monoisotopic (exact) mass is 466 g/mol. The highest BCUT2D eigenvalue weighted by atomic mass is 19.1. The lowest BCUT2D eigenvalue weighted by molar-refractivity contribution is 0.0206. The Morgan fingerprint density at radius 2 is 1.94 bits per heavy atom. The molecule has 180 valence electrons. The van der Waals surface area contributed by atoms with Crippen LogP contribution in [0.15, 0.2) is 36.4 Å². The molecule has 1 amide bonds. The first kappa shape index (κ1) is 23.7. The lowest BCUT2D eigenvalue weighted by Crippen LogP contribution is -2.47. The topological polar surface area (TPSA) is 76.6 Å². The number of nitrogens with zero attached hydrogens (tertiary/aromatic N) is 3. The molecule has 1 fully saturated rings. The van der Waals surface area contributed by atoms with E-state index in [2.05, 4.69) is 15.5 Å². The molecule has 2 heterocycles. The van der Waals surface area contributed by atoms with Gasteiger partial charge in [0, 0.05) is 35.5 Å². The second kappa shape index (κ2) is 9.44. The van der Waals surface area contributed by atoms with Crippen molar-refractivity contribution in [2.75, 3.05) is 25.5 Å². The van der Waals surface area contributed by atoms with Gasteiger partial charge in [-0.1, -0.05) is 6.07 Å².